The van der Waals surface area contributed by atoms with Crippen LogP contribution in [0.5, 0.6) is 0 Å². The van der Waals surface area contributed by atoms with Gasteiger partial charge in [0.25, 0.3) is 0 Å². The number of carbonyl (C=O) groups excluding carboxylic acids is 3. The average molecular weight is 363 g/mol. The first-order valence-corrected chi connectivity index (χ1v) is 9.52. The Hall–Kier alpha value is -1.82. The molecule has 1 aromatic rings. The van der Waals surface area contributed by atoms with Crippen molar-refractivity contribution >= 4 is 32.2 Å². The summed E-state index contributed by atoms with van der Waals surface area (Å²) in [7, 11) is 0.173. The summed E-state index contributed by atoms with van der Waals surface area (Å²) < 4.78 is 5.21. The van der Waals surface area contributed by atoms with E-state index in [1.54, 1.807) is 0 Å². The van der Waals surface area contributed by atoms with Gasteiger partial charge in [-0.25, -0.2) is 0 Å². The van der Waals surface area contributed by atoms with Gasteiger partial charge in [0, 0.05) is 40.6 Å². The number of rotatable bonds is 6. The van der Waals surface area contributed by atoms with Gasteiger partial charge in [-0.15, -0.1) is 0 Å². The van der Waals surface area contributed by atoms with E-state index in [1.807, 2.05) is 25.1 Å². The highest BCUT2D eigenvalue weighted by Gasteiger charge is 2.34. The molecule has 1 saturated heterocycles. The predicted octanol–water partition coefficient (Wildman–Crippen LogP) is 1.38. The Bertz CT molecular complexity index is 694. The number of nitrogens with one attached hydrogen (secondary N) is 2. The molecule has 1 aromatic carbocycles. The van der Waals surface area contributed by atoms with Crippen molar-refractivity contribution in [1.82, 2.24) is 10.2 Å². The maximum atomic E-state index is 12.0. The normalized spacial score (nSPS) is 20.8. The number of nitrogens with zero attached hydrogens (tertiary/aromatic N) is 1. The standard InChI is InChI=1S/C17H22N3O4P/c1-2-24-25-10-16(22)18-13-4-3-11-8-20(9-12(11)7-13)14-5-6-15(21)19-17(14)23/h3-4,7,14,25H,2,5-6,8-10H2,1H3,(H,18,22)(H,19,21,23). The van der Waals surface area contributed by atoms with Crippen molar-refractivity contribution in [2.45, 2.75) is 38.9 Å². The van der Waals surface area contributed by atoms with Gasteiger partial charge in [0.1, 0.15) is 0 Å². The highest BCUT2D eigenvalue weighted by molar-refractivity contribution is 7.33. The Labute approximate surface area is 148 Å². The molecule has 0 aromatic heterocycles. The van der Waals surface area contributed by atoms with Crippen LogP contribution in [0.3, 0.4) is 0 Å². The summed E-state index contributed by atoms with van der Waals surface area (Å²) in [6.45, 7) is 3.84. The van der Waals surface area contributed by atoms with E-state index in [4.69, 9.17) is 4.52 Å². The molecule has 2 aliphatic heterocycles. The molecule has 0 bridgehead atoms. The molecule has 3 rings (SSSR count). The van der Waals surface area contributed by atoms with E-state index in [0.29, 0.717) is 38.7 Å². The second-order valence-corrected chi connectivity index (χ2v) is 7.09. The molecular weight excluding hydrogens is 341 g/mol. The molecule has 25 heavy (non-hydrogen) atoms. The summed E-state index contributed by atoms with van der Waals surface area (Å²) in [6, 6.07) is 5.56. The highest BCUT2D eigenvalue weighted by Crippen LogP contribution is 2.29. The van der Waals surface area contributed by atoms with Crippen molar-refractivity contribution < 1.29 is 18.9 Å². The number of amides is 3. The Kier molecular flexibility index (Phi) is 5.78. The summed E-state index contributed by atoms with van der Waals surface area (Å²) in [4.78, 5) is 37.3. The van der Waals surface area contributed by atoms with E-state index < -0.39 is 0 Å². The molecule has 7 nitrogen and oxygen atoms in total. The van der Waals surface area contributed by atoms with Crippen molar-refractivity contribution in [3.8, 4) is 0 Å². The van der Waals surface area contributed by atoms with Gasteiger partial charge in [-0.05, 0) is 36.6 Å². The topological polar surface area (TPSA) is 87.7 Å². The lowest BCUT2D eigenvalue weighted by atomic mass is 10.0. The summed E-state index contributed by atoms with van der Waals surface area (Å²) in [5, 5.41) is 5.29. The van der Waals surface area contributed by atoms with Crippen molar-refractivity contribution in [2.75, 3.05) is 18.1 Å². The Morgan fingerprint density at radius 2 is 2.16 bits per heavy atom. The maximum Gasteiger partial charge on any atom is 0.243 e. The number of imide groups is 1. The molecule has 2 unspecified atom stereocenters. The number of piperidine rings is 1. The van der Waals surface area contributed by atoms with Crippen LogP contribution in [0.15, 0.2) is 18.2 Å². The molecule has 134 valence electrons. The first-order chi connectivity index (χ1) is 12.1. The zero-order valence-corrected chi connectivity index (χ0v) is 15.1. The van der Waals surface area contributed by atoms with Gasteiger partial charge in [-0.2, -0.15) is 0 Å². The van der Waals surface area contributed by atoms with Crippen LogP contribution in [0.25, 0.3) is 0 Å². The molecule has 0 saturated carbocycles. The van der Waals surface area contributed by atoms with Crippen LogP contribution in [-0.4, -0.2) is 41.4 Å². The van der Waals surface area contributed by atoms with Gasteiger partial charge in [-0.3, -0.25) is 24.6 Å². The van der Waals surface area contributed by atoms with Crippen LogP contribution >= 0.6 is 8.81 Å². The molecule has 0 radical (unpaired) electrons. The molecule has 2 aliphatic rings. The largest absolute Gasteiger partial charge is 0.362 e. The first-order valence-electron chi connectivity index (χ1n) is 8.41. The third kappa shape index (κ3) is 4.42. The zero-order valence-electron chi connectivity index (χ0n) is 14.1. The van der Waals surface area contributed by atoms with Crippen molar-refractivity contribution in [2.24, 2.45) is 0 Å². The first kappa shape index (κ1) is 18.0. The van der Waals surface area contributed by atoms with Crippen LogP contribution in [0, 0.1) is 0 Å². The lowest BCUT2D eigenvalue weighted by Crippen LogP contribution is -2.50. The number of benzene rings is 1. The van der Waals surface area contributed by atoms with Gasteiger partial charge in [0.15, 0.2) is 0 Å². The molecule has 2 atom stereocenters. The number of fused-ring (bicyclic) bond motifs is 1. The summed E-state index contributed by atoms with van der Waals surface area (Å²) >= 11 is 0. The van der Waals surface area contributed by atoms with Crippen LogP contribution in [0.1, 0.15) is 30.9 Å². The molecule has 0 aliphatic carbocycles. The lowest BCUT2D eigenvalue weighted by molar-refractivity contribution is -0.137. The van der Waals surface area contributed by atoms with Gasteiger partial charge in [0.05, 0.1) is 12.2 Å². The minimum atomic E-state index is -0.268. The van der Waals surface area contributed by atoms with E-state index >= 15 is 0 Å². The van der Waals surface area contributed by atoms with Crippen molar-refractivity contribution in [3.05, 3.63) is 29.3 Å². The monoisotopic (exact) mass is 363 g/mol. The molecule has 8 heteroatoms. The van der Waals surface area contributed by atoms with E-state index in [9.17, 15) is 14.4 Å². The molecular formula is C17H22N3O4P. The fourth-order valence-electron chi connectivity index (χ4n) is 3.17. The minimum absolute atomic E-state index is 0.0632. The van der Waals surface area contributed by atoms with E-state index in [2.05, 4.69) is 15.5 Å². The van der Waals surface area contributed by atoms with Crippen LogP contribution in [0.4, 0.5) is 5.69 Å². The zero-order chi connectivity index (χ0) is 17.8. The third-order valence-corrected chi connectivity index (χ3v) is 5.33. The molecule has 2 heterocycles. The van der Waals surface area contributed by atoms with Crippen molar-refractivity contribution in [3.63, 3.8) is 0 Å². The highest BCUT2D eigenvalue weighted by atomic mass is 31.1. The SMILES string of the molecule is CCOPCC(=O)Nc1ccc2c(c1)CN(C1CCC(=O)NC1=O)C2. The lowest BCUT2D eigenvalue weighted by Gasteiger charge is -2.29. The number of carbonyl (C=O) groups is 3. The number of hydrogen-bond acceptors (Lipinski definition) is 5. The number of anilines is 1. The van der Waals surface area contributed by atoms with E-state index in [1.165, 1.54) is 0 Å². The van der Waals surface area contributed by atoms with Crippen LogP contribution in [0.2, 0.25) is 0 Å². The Morgan fingerprint density at radius 3 is 2.92 bits per heavy atom. The fourth-order valence-corrected chi connectivity index (χ4v) is 3.70. The molecule has 2 N–H and O–H groups in total. The van der Waals surface area contributed by atoms with Gasteiger partial charge >= 0.3 is 0 Å². The molecule has 1 fully saturated rings. The summed E-state index contributed by atoms with van der Waals surface area (Å²) in [6.07, 6.45) is 1.29. The second kappa shape index (κ2) is 8.04. The van der Waals surface area contributed by atoms with Gasteiger partial charge < -0.3 is 9.84 Å². The third-order valence-electron chi connectivity index (χ3n) is 4.37. The predicted molar refractivity (Wildman–Crippen MR) is 95.3 cm³/mol. The van der Waals surface area contributed by atoms with Gasteiger partial charge in [0.2, 0.25) is 17.7 Å². The van der Waals surface area contributed by atoms with Crippen LogP contribution in [-0.2, 0) is 32.0 Å². The Balaban J connectivity index is 1.60. The fraction of sp³-hybridized carbons (Fsp3) is 0.471. The molecule has 3 amide bonds. The quantitative estimate of drug-likeness (QED) is 0.453. The second-order valence-electron chi connectivity index (χ2n) is 6.16. The smallest absolute Gasteiger partial charge is 0.243 e. The van der Waals surface area contributed by atoms with Crippen LogP contribution < -0.4 is 10.6 Å². The minimum Gasteiger partial charge on any atom is -0.362 e. The summed E-state index contributed by atoms with van der Waals surface area (Å²) in [5.74, 6) is -0.475. The summed E-state index contributed by atoms with van der Waals surface area (Å²) in [5.41, 5.74) is 3.02. The maximum absolute atomic E-state index is 12.0. The van der Waals surface area contributed by atoms with Gasteiger partial charge in [-0.1, -0.05) is 6.07 Å². The van der Waals surface area contributed by atoms with E-state index in [0.717, 1.165) is 16.8 Å². The van der Waals surface area contributed by atoms with Crippen molar-refractivity contribution in [1.29, 1.82) is 0 Å². The molecule has 0 spiro atoms. The Morgan fingerprint density at radius 1 is 1.36 bits per heavy atom. The van der Waals surface area contributed by atoms with E-state index in [-0.39, 0.29) is 32.6 Å². The average Bonchev–Trinajstić information content (AvgIpc) is 2.98. The number of hydrogen-bond donors (Lipinski definition) is 2.